The van der Waals surface area contributed by atoms with Gasteiger partial charge in [-0.2, -0.15) is 0 Å². The number of sulfone groups is 1. The lowest BCUT2D eigenvalue weighted by atomic mass is 9.96. The van der Waals surface area contributed by atoms with Crippen LogP contribution in [0.1, 0.15) is 42.0 Å². The highest BCUT2D eigenvalue weighted by Crippen LogP contribution is 2.38. The summed E-state index contributed by atoms with van der Waals surface area (Å²) < 4.78 is 31.0. The van der Waals surface area contributed by atoms with E-state index in [0.29, 0.717) is 40.4 Å². The minimum absolute atomic E-state index is 0.0456. The number of carbonyl (C=O) groups excluding carboxylic acids is 1. The van der Waals surface area contributed by atoms with Gasteiger partial charge in [-0.1, -0.05) is 23.7 Å². The van der Waals surface area contributed by atoms with Crippen LogP contribution in [-0.2, 0) is 21.0 Å². The van der Waals surface area contributed by atoms with Crippen molar-refractivity contribution in [2.24, 2.45) is 0 Å². The maximum atomic E-state index is 12.8. The normalized spacial score (nSPS) is 15.6. The number of carbonyl (C=O) groups is 1. The first-order valence-electron chi connectivity index (χ1n) is 8.44. The van der Waals surface area contributed by atoms with Crippen molar-refractivity contribution in [2.45, 2.75) is 44.6 Å². The topological polar surface area (TPSA) is 73.3 Å². The van der Waals surface area contributed by atoms with Gasteiger partial charge in [-0.05, 0) is 51.3 Å². The number of rotatable bonds is 3. The molecule has 138 valence electrons. The summed E-state index contributed by atoms with van der Waals surface area (Å²) in [6.45, 7) is 5.20. The number of aromatic nitrogens is 1. The van der Waals surface area contributed by atoms with E-state index in [-0.39, 0.29) is 22.3 Å². The number of esters is 1. The van der Waals surface area contributed by atoms with Gasteiger partial charge in [0, 0.05) is 10.6 Å². The Balaban J connectivity index is 2.37. The third kappa shape index (κ3) is 3.48. The second-order valence-corrected chi connectivity index (χ2v) is 9.09. The van der Waals surface area contributed by atoms with E-state index >= 15 is 0 Å². The molecular formula is C19H20ClNO4S. The van der Waals surface area contributed by atoms with Gasteiger partial charge in [-0.25, -0.2) is 13.2 Å². The van der Waals surface area contributed by atoms with Gasteiger partial charge >= 0.3 is 5.97 Å². The van der Waals surface area contributed by atoms with Gasteiger partial charge < -0.3 is 4.74 Å². The molecule has 1 aliphatic rings. The van der Waals surface area contributed by atoms with Crippen LogP contribution in [0.3, 0.4) is 0 Å². The molecule has 2 heterocycles. The number of hydrogen-bond acceptors (Lipinski definition) is 5. The molecule has 1 aliphatic heterocycles. The lowest BCUT2D eigenvalue weighted by molar-refractivity contribution is 0.0377. The highest BCUT2D eigenvalue weighted by molar-refractivity contribution is 7.91. The van der Waals surface area contributed by atoms with Gasteiger partial charge in [-0.3, -0.25) is 4.98 Å². The average molecular weight is 394 g/mol. The molecule has 0 bridgehead atoms. The van der Waals surface area contributed by atoms with Crippen molar-refractivity contribution < 1.29 is 17.9 Å². The molecule has 2 aromatic rings. The Labute approximate surface area is 158 Å². The van der Waals surface area contributed by atoms with E-state index in [1.165, 1.54) is 0 Å². The summed E-state index contributed by atoms with van der Waals surface area (Å²) in [5.74, 6) is -0.525. The van der Waals surface area contributed by atoms with E-state index in [9.17, 15) is 13.2 Å². The van der Waals surface area contributed by atoms with Crippen LogP contribution in [0.2, 0.25) is 5.02 Å². The molecule has 5 nitrogen and oxygen atoms in total. The fourth-order valence-corrected chi connectivity index (χ4v) is 5.09. The zero-order valence-electron chi connectivity index (χ0n) is 14.9. The van der Waals surface area contributed by atoms with Crippen molar-refractivity contribution in [3.63, 3.8) is 0 Å². The Hall–Kier alpha value is -1.92. The number of aryl methyl sites for hydroxylation is 2. The Morgan fingerprint density at radius 3 is 2.50 bits per heavy atom. The molecule has 0 aliphatic carbocycles. The molecule has 0 saturated carbocycles. The summed E-state index contributed by atoms with van der Waals surface area (Å²) in [6.07, 6.45) is 0.764. The molecule has 0 radical (unpaired) electrons. The van der Waals surface area contributed by atoms with Gasteiger partial charge in [0.2, 0.25) is 0 Å². The summed E-state index contributed by atoms with van der Waals surface area (Å²) in [6, 6.07) is 6.78. The second kappa shape index (κ2) is 7.00. The van der Waals surface area contributed by atoms with Crippen molar-refractivity contribution in [1.29, 1.82) is 0 Å². The zero-order valence-corrected chi connectivity index (χ0v) is 16.4. The number of benzene rings is 1. The summed E-state index contributed by atoms with van der Waals surface area (Å²) >= 11 is 5.98. The summed E-state index contributed by atoms with van der Waals surface area (Å²) in [5, 5.41) is 0.530. The highest BCUT2D eigenvalue weighted by Gasteiger charge is 2.33. The monoisotopic (exact) mass is 393 g/mol. The summed E-state index contributed by atoms with van der Waals surface area (Å²) in [5.41, 5.74) is 2.16. The molecule has 0 saturated heterocycles. The molecule has 26 heavy (non-hydrogen) atoms. The number of hydrogen-bond donors (Lipinski definition) is 0. The Kier molecular flexibility index (Phi) is 5.08. The van der Waals surface area contributed by atoms with Crippen LogP contribution >= 0.6 is 11.6 Å². The standard InChI is InChI=1S/C19H20ClNO4S/c1-11(2)25-19(22)16-12(3)21-15-5-4-10-26(23,24)18(15)17(16)13-6-8-14(20)9-7-13/h6-9,11H,4-5,10H2,1-3H3. The van der Waals surface area contributed by atoms with Crippen LogP contribution in [0.5, 0.6) is 0 Å². The fourth-order valence-electron chi connectivity index (χ4n) is 3.20. The van der Waals surface area contributed by atoms with Gasteiger partial charge in [0.15, 0.2) is 9.84 Å². The third-order valence-electron chi connectivity index (χ3n) is 4.22. The first kappa shape index (κ1) is 18.9. The van der Waals surface area contributed by atoms with Crippen molar-refractivity contribution >= 4 is 27.4 Å². The SMILES string of the molecule is Cc1nc2c(c(-c3ccc(Cl)cc3)c1C(=O)OC(C)C)S(=O)(=O)CCC2. The quantitative estimate of drug-likeness (QED) is 0.737. The number of halogens is 1. The number of pyridine rings is 1. The fraction of sp³-hybridized carbons (Fsp3) is 0.368. The predicted molar refractivity (Wildman–Crippen MR) is 100 cm³/mol. The average Bonchev–Trinajstić information content (AvgIpc) is 2.53. The molecule has 0 unspecified atom stereocenters. The van der Waals surface area contributed by atoms with Crippen LogP contribution < -0.4 is 0 Å². The first-order valence-corrected chi connectivity index (χ1v) is 10.5. The van der Waals surface area contributed by atoms with Gasteiger partial charge in [-0.15, -0.1) is 0 Å². The highest BCUT2D eigenvalue weighted by atomic mass is 35.5. The van der Waals surface area contributed by atoms with Crippen molar-refractivity contribution in [3.05, 3.63) is 46.2 Å². The molecule has 0 fully saturated rings. The van der Waals surface area contributed by atoms with E-state index in [1.54, 1.807) is 45.0 Å². The van der Waals surface area contributed by atoms with Crippen molar-refractivity contribution in [2.75, 3.05) is 5.75 Å². The minimum Gasteiger partial charge on any atom is -0.459 e. The summed E-state index contributed by atoms with van der Waals surface area (Å²) in [7, 11) is -3.54. The molecule has 1 aromatic heterocycles. The number of nitrogens with zero attached hydrogens (tertiary/aromatic N) is 1. The molecule has 3 rings (SSSR count). The number of ether oxygens (including phenoxy) is 1. The second-order valence-electron chi connectivity index (χ2n) is 6.61. The maximum Gasteiger partial charge on any atom is 0.340 e. The Morgan fingerprint density at radius 2 is 1.88 bits per heavy atom. The largest absolute Gasteiger partial charge is 0.459 e. The lowest BCUT2D eigenvalue weighted by Crippen LogP contribution is -2.23. The van der Waals surface area contributed by atoms with Gasteiger partial charge in [0.1, 0.15) is 0 Å². The lowest BCUT2D eigenvalue weighted by Gasteiger charge is -2.23. The Morgan fingerprint density at radius 1 is 1.23 bits per heavy atom. The first-order chi connectivity index (χ1) is 12.2. The van der Waals surface area contributed by atoms with Crippen LogP contribution in [-0.4, -0.2) is 31.2 Å². The van der Waals surface area contributed by atoms with Crippen LogP contribution in [0.4, 0.5) is 0 Å². The molecular weight excluding hydrogens is 374 g/mol. The third-order valence-corrected chi connectivity index (χ3v) is 6.36. The Bertz CT molecular complexity index is 966. The summed E-state index contributed by atoms with van der Waals surface area (Å²) in [4.78, 5) is 17.3. The molecule has 0 N–H and O–H groups in total. The van der Waals surface area contributed by atoms with E-state index in [4.69, 9.17) is 16.3 Å². The zero-order chi connectivity index (χ0) is 19.1. The van der Waals surface area contributed by atoms with Crippen molar-refractivity contribution in [3.8, 4) is 11.1 Å². The minimum atomic E-state index is -3.54. The van der Waals surface area contributed by atoms with E-state index in [1.807, 2.05) is 0 Å². The van der Waals surface area contributed by atoms with Crippen LogP contribution in [0.25, 0.3) is 11.1 Å². The molecule has 0 amide bonds. The predicted octanol–water partition coefficient (Wildman–Crippen LogP) is 4.00. The molecule has 0 spiro atoms. The molecule has 0 atom stereocenters. The maximum absolute atomic E-state index is 12.8. The van der Waals surface area contributed by atoms with Crippen LogP contribution in [0.15, 0.2) is 29.2 Å². The molecule has 1 aromatic carbocycles. The van der Waals surface area contributed by atoms with E-state index in [2.05, 4.69) is 4.98 Å². The number of fused-ring (bicyclic) bond motifs is 1. The van der Waals surface area contributed by atoms with Gasteiger partial charge in [0.25, 0.3) is 0 Å². The molecule has 7 heteroatoms. The van der Waals surface area contributed by atoms with Gasteiger partial charge in [0.05, 0.1) is 33.7 Å². The van der Waals surface area contributed by atoms with Crippen molar-refractivity contribution in [1.82, 2.24) is 4.98 Å². The van der Waals surface area contributed by atoms with E-state index < -0.39 is 15.8 Å². The van der Waals surface area contributed by atoms with Crippen LogP contribution in [0, 0.1) is 6.92 Å². The van der Waals surface area contributed by atoms with E-state index in [0.717, 1.165) is 0 Å². The smallest absolute Gasteiger partial charge is 0.340 e.